The van der Waals surface area contributed by atoms with E-state index in [-0.39, 0.29) is 5.91 Å². The van der Waals surface area contributed by atoms with Crippen LogP contribution in [0.2, 0.25) is 0 Å². The maximum atomic E-state index is 12.2. The smallest absolute Gasteiger partial charge is 0.256 e. The molecule has 1 amide bonds. The molecular weight excluding hydrogens is 240 g/mol. The number of hydrogen-bond acceptors (Lipinski definition) is 4. The Morgan fingerprint density at radius 2 is 1.95 bits per heavy atom. The lowest BCUT2D eigenvalue weighted by Gasteiger charge is -2.26. The summed E-state index contributed by atoms with van der Waals surface area (Å²) in [6, 6.07) is 0.337. The first kappa shape index (κ1) is 13.8. The summed E-state index contributed by atoms with van der Waals surface area (Å²) in [6.45, 7) is 5.89. The molecule has 0 radical (unpaired) electrons. The van der Waals surface area contributed by atoms with E-state index in [1.54, 1.807) is 12.4 Å². The van der Waals surface area contributed by atoms with Crippen LogP contribution in [-0.4, -0.2) is 39.9 Å². The molecule has 0 aromatic carbocycles. The molecule has 0 bridgehead atoms. The van der Waals surface area contributed by atoms with Crippen molar-refractivity contribution in [2.24, 2.45) is 0 Å². The average Bonchev–Trinajstić information content (AvgIpc) is 2.48. The Morgan fingerprint density at radius 3 is 2.53 bits per heavy atom. The molecule has 1 unspecified atom stereocenters. The molecule has 104 valence electrons. The number of piperidine rings is 1. The number of amides is 1. The minimum Gasteiger partial charge on any atom is -0.352 e. The lowest BCUT2D eigenvalue weighted by Crippen LogP contribution is -2.35. The molecule has 0 aliphatic carbocycles. The molecule has 1 saturated heterocycles. The Labute approximate surface area is 114 Å². The van der Waals surface area contributed by atoms with Gasteiger partial charge in [0, 0.05) is 31.5 Å². The molecular formula is C14H22N4O. The first-order chi connectivity index (χ1) is 9.20. The second-order valence-electron chi connectivity index (χ2n) is 5.10. The molecule has 2 heterocycles. The molecule has 1 aliphatic rings. The number of nitrogens with one attached hydrogen (secondary N) is 1. The quantitative estimate of drug-likeness (QED) is 0.904. The molecule has 0 saturated carbocycles. The van der Waals surface area contributed by atoms with Crippen LogP contribution < -0.4 is 5.32 Å². The number of carbonyl (C=O) groups is 1. The largest absolute Gasteiger partial charge is 0.352 e. The van der Waals surface area contributed by atoms with E-state index in [0.29, 0.717) is 17.6 Å². The van der Waals surface area contributed by atoms with Crippen molar-refractivity contribution in [2.45, 2.75) is 45.6 Å². The number of rotatable bonds is 4. The van der Waals surface area contributed by atoms with Gasteiger partial charge in [-0.2, -0.15) is 0 Å². The standard InChI is InChI=1S/C14H22N4O/c1-3-11(2)17-14-15-9-12(10-16-14)13(19)18-7-5-4-6-8-18/h9-11H,3-8H2,1-2H3,(H,15,16,17). The third kappa shape index (κ3) is 3.66. The highest BCUT2D eigenvalue weighted by Gasteiger charge is 2.18. The Balaban J connectivity index is 1.99. The van der Waals surface area contributed by atoms with Gasteiger partial charge in [0.05, 0.1) is 5.56 Å². The van der Waals surface area contributed by atoms with Gasteiger partial charge in [-0.25, -0.2) is 9.97 Å². The van der Waals surface area contributed by atoms with E-state index in [9.17, 15) is 4.79 Å². The molecule has 0 spiro atoms. The third-order valence-electron chi connectivity index (χ3n) is 3.53. The summed E-state index contributed by atoms with van der Waals surface area (Å²) in [6.07, 6.45) is 7.67. The van der Waals surface area contributed by atoms with Gasteiger partial charge in [-0.15, -0.1) is 0 Å². The number of nitrogens with zero attached hydrogens (tertiary/aromatic N) is 3. The van der Waals surface area contributed by atoms with Crippen LogP contribution in [0, 0.1) is 0 Å². The van der Waals surface area contributed by atoms with Gasteiger partial charge in [-0.3, -0.25) is 4.79 Å². The maximum absolute atomic E-state index is 12.2. The summed E-state index contributed by atoms with van der Waals surface area (Å²) in [7, 11) is 0. The molecule has 1 atom stereocenters. The van der Waals surface area contributed by atoms with Crippen LogP contribution in [0.3, 0.4) is 0 Å². The summed E-state index contributed by atoms with van der Waals surface area (Å²) in [5.41, 5.74) is 0.580. The first-order valence-corrected chi connectivity index (χ1v) is 7.08. The van der Waals surface area contributed by atoms with Gasteiger partial charge in [0.15, 0.2) is 0 Å². The summed E-state index contributed by atoms with van der Waals surface area (Å²) < 4.78 is 0. The van der Waals surface area contributed by atoms with Crippen molar-refractivity contribution >= 4 is 11.9 Å². The predicted molar refractivity (Wildman–Crippen MR) is 75.2 cm³/mol. The van der Waals surface area contributed by atoms with Crippen molar-refractivity contribution in [1.29, 1.82) is 0 Å². The van der Waals surface area contributed by atoms with Gasteiger partial charge < -0.3 is 10.2 Å². The first-order valence-electron chi connectivity index (χ1n) is 7.08. The Kier molecular flexibility index (Phi) is 4.71. The molecule has 19 heavy (non-hydrogen) atoms. The van der Waals surface area contributed by atoms with Gasteiger partial charge in [-0.1, -0.05) is 6.92 Å². The van der Waals surface area contributed by atoms with Gasteiger partial charge in [-0.05, 0) is 32.6 Å². The average molecular weight is 262 g/mol. The molecule has 1 fully saturated rings. The Hall–Kier alpha value is -1.65. The summed E-state index contributed by atoms with van der Waals surface area (Å²) in [4.78, 5) is 22.5. The van der Waals surface area contributed by atoms with Crippen LogP contribution >= 0.6 is 0 Å². The molecule has 1 aromatic heterocycles. The van der Waals surface area contributed by atoms with Gasteiger partial charge in [0.2, 0.25) is 5.95 Å². The van der Waals surface area contributed by atoms with Gasteiger partial charge in [0.1, 0.15) is 0 Å². The number of anilines is 1. The molecule has 1 N–H and O–H groups in total. The van der Waals surface area contributed by atoms with Crippen molar-refractivity contribution in [3.8, 4) is 0 Å². The zero-order valence-corrected chi connectivity index (χ0v) is 11.7. The third-order valence-corrected chi connectivity index (χ3v) is 3.53. The van der Waals surface area contributed by atoms with Crippen molar-refractivity contribution in [2.75, 3.05) is 18.4 Å². The maximum Gasteiger partial charge on any atom is 0.256 e. The second-order valence-corrected chi connectivity index (χ2v) is 5.10. The summed E-state index contributed by atoms with van der Waals surface area (Å²) in [5.74, 6) is 0.638. The molecule has 1 aromatic rings. The zero-order valence-electron chi connectivity index (χ0n) is 11.7. The highest BCUT2D eigenvalue weighted by molar-refractivity contribution is 5.93. The molecule has 5 nitrogen and oxygen atoms in total. The lowest BCUT2D eigenvalue weighted by molar-refractivity contribution is 0.0723. The number of hydrogen-bond donors (Lipinski definition) is 1. The van der Waals surface area contributed by atoms with Crippen molar-refractivity contribution in [3.05, 3.63) is 18.0 Å². The SMILES string of the molecule is CCC(C)Nc1ncc(C(=O)N2CCCCC2)cn1. The summed E-state index contributed by atoms with van der Waals surface area (Å²) >= 11 is 0. The van der Waals surface area contributed by atoms with Crippen molar-refractivity contribution in [1.82, 2.24) is 14.9 Å². The minimum absolute atomic E-state index is 0.0507. The number of aromatic nitrogens is 2. The fourth-order valence-corrected chi connectivity index (χ4v) is 2.12. The van der Waals surface area contributed by atoms with Crippen LogP contribution in [0.25, 0.3) is 0 Å². The molecule has 2 rings (SSSR count). The fraction of sp³-hybridized carbons (Fsp3) is 0.643. The normalized spacial score (nSPS) is 17.1. The van der Waals surface area contributed by atoms with Gasteiger partial charge in [0.25, 0.3) is 5.91 Å². The Morgan fingerprint density at radius 1 is 1.32 bits per heavy atom. The van der Waals surface area contributed by atoms with E-state index >= 15 is 0 Å². The minimum atomic E-state index is 0.0507. The number of carbonyl (C=O) groups excluding carboxylic acids is 1. The van der Waals surface area contributed by atoms with Crippen molar-refractivity contribution < 1.29 is 4.79 Å². The zero-order chi connectivity index (χ0) is 13.7. The van der Waals surface area contributed by atoms with E-state index in [1.807, 2.05) is 4.90 Å². The van der Waals surface area contributed by atoms with Crippen LogP contribution in [0.1, 0.15) is 49.9 Å². The highest BCUT2D eigenvalue weighted by Crippen LogP contribution is 2.13. The highest BCUT2D eigenvalue weighted by atomic mass is 16.2. The predicted octanol–water partition coefficient (Wildman–Crippen LogP) is 2.31. The van der Waals surface area contributed by atoms with Crippen LogP contribution in [0.5, 0.6) is 0 Å². The topological polar surface area (TPSA) is 58.1 Å². The van der Waals surface area contributed by atoms with E-state index in [4.69, 9.17) is 0 Å². The monoisotopic (exact) mass is 262 g/mol. The van der Waals surface area contributed by atoms with E-state index in [2.05, 4.69) is 29.1 Å². The van der Waals surface area contributed by atoms with E-state index in [0.717, 1.165) is 32.4 Å². The van der Waals surface area contributed by atoms with Gasteiger partial charge >= 0.3 is 0 Å². The molecule has 5 heteroatoms. The lowest BCUT2D eigenvalue weighted by atomic mass is 10.1. The van der Waals surface area contributed by atoms with Crippen LogP contribution in [-0.2, 0) is 0 Å². The van der Waals surface area contributed by atoms with E-state index < -0.39 is 0 Å². The second kappa shape index (κ2) is 6.50. The van der Waals surface area contributed by atoms with Crippen molar-refractivity contribution in [3.63, 3.8) is 0 Å². The van der Waals surface area contributed by atoms with Crippen LogP contribution in [0.4, 0.5) is 5.95 Å². The Bertz CT molecular complexity index is 412. The number of likely N-dealkylation sites (tertiary alicyclic amines) is 1. The fourth-order valence-electron chi connectivity index (χ4n) is 2.12. The summed E-state index contributed by atoms with van der Waals surface area (Å²) in [5, 5.41) is 3.19. The van der Waals surface area contributed by atoms with E-state index in [1.165, 1.54) is 6.42 Å². The molecule has 1 aliphatic heterocycles. The van der Waals surface area contributed by atoms with Crippen LogP contribution in [0.15, 0.2) is 12.4 Å².